The summed E-state index contributed by atoms with van der Waals surface area (Å²) in [6, 6.07) is 10.7. The third-order valence-electron chi connectivity index (χ3n) is 7.63. The second-order valence-electron chi connectivity index (χ2n) is 9.52. The summed E-state index contributed by atoms with van der Waals surface area (Å²) in [5, 5.41) is 44.1. The largest absolute Gasteiger partial charge is 0.394 e. The number of fused-ring (bicyclic) bond motifs is 10. The van der Waals surface area contributed by atoms with Crippen molar-refractivity contribution in [2.24, 2.45) is 0 Å². The Hall–Kier alpha value is -3.87. The fraction of sp³-hybridized carbons (Fsp3) is 0.269. The quantitative estimate of drug-likeness (QED) is 0.224. The maximum Gasteiger partial charge on any atom is 0.262 e. The first kappa shape index (κ1) is 22.3. The predicted molar refractivity (Wildman–Crippen MR) is 132 cm³/mol. The Morgan fingerprint density at radius 3 is 2.41 bits per heavy atom. The number of rotatable bonds is 2. The first-order valence-electron chi connectivity index (χ1n) is 11.8. The third kappa shape index (κ3) is 2.69. The fourth-order valence-electron chi connectivity index (χ4n) is 5.89. The standard InChI is InChI=1S/C26H22N4O7/c1-29-24(35)16-14-11-6-4-8-27-23(11)28-18(14)19-15(17(16)25(29)36)10-5-2-3-7-12(10)30(19)26-22(34)21(33)20(32)13(9-31)37-26/h2-8,13,20-22,26,31-34H,9H2,1H3,(H,27,28). The Morgan fingerprint density at radius 1 is 0.946 bits per heavy atom. The number of para-hydroxylation sites is 1. The number of aliphatic hydroxyl groups excluding tert-OH is 4. The van der Waals surface area contributed by atoms with Crippen LogP contribution in [-0.4, -0.2) is 89.7 Å². The molecule has 37 heavy (non-hydrogen) atoms. The third-order valence-corrected chi connectivity index (χ3v) is 7.63. The molecule has 5 atom stereocenters. The molecule has 11 heteroatoms. The zero-order valence-corrected chi connectivity index (χ0v) is 19.5. The molecular weight excluding hydrogens is 480 g/mol. The van der Waals surface area contributed by atoms with E-state index >= 15 is 0 Å². The maximum atomic E-state index is 13.5. The van der Waals surface area contributed by atoms with Crippen molar-refractivity contribution < 1.29 is 34.8 Å². The lowest BCUT2D eigenvalue weighted by atomic mass is 9.96. The zero-order valence-electron chi connectivity index (χ0n) is 19.5. The molecule has 1 saturated heterocycles. The van der Waals surface area contributed by atoms with Crippen LogP contribution in [0.5, 0.6) is 0 Å². The maximum absolute atomic E-state index is 13.5. The number of hydrogen-bond acceptors (Lipinski definition) is 8. The molecule has 0 bridgehead atoms. The lowest BCUT2D eigenvalue weighted by molar-refractivity contribution is -0.249. The van der Waals surface area contributed by atoms with Crippen LogP contribution < -0.4 is 0 Å². The SMILES string of the molecule is CN1C(=O)c2c(c3c4ccccc4n(C4OC(CO)C(O)C(O)C4O)c3c3[nH]c4ncccc4c23)C1=O. The summed E-state index contributed by atoms with van der Waals surface area (Å²) in [6.07, 6.45) is -5.45. The Balaban J connectivity index is 1.71. The molecule has 0 spiro atoms. The number of aromatic amines is 1. The van der Waals surface area contributed by atoms with E-state index in [-0.39, 0.29) is 11.1 Å². The molecule has 5 aromatic rings. The van der Waals surface area contributed by atoms with Crippen LogP contribution in [-0.2, 0) is 4.74 Å². The van der Waals surface area contributed by atoms with Crippen LogP contribution in [0.1, 0.15) is 26.9 Å². The van der Waals surface area contributed by atoms with Gasteiger partial charge >= 0.3 is 0 Å². The molecule has 0 aliphatic carbocycles. The van der Waals surface area contributed by atoms with Gasteiger partial charge in [-0.15, -0.1) is 0 Å². The van der Waals surface area contributed by atoms with Crippen molar-refractivity contribution in [2.75, 3.05) is 13.7 Å². The first-order chi connectivity index (χ1) is 17.8. The number of aromatic nitrogens is 3. The number of aliphatic hydroxyl groups is 4. The van der Waals surface area contributed by atoms with E-state index in [1.165, 1.54) is 7.05 Å². The number of imide groups is 1. The van der Waals surface area contributed by atoms with Gasteiger partial charge < -0.3 is 34.7 Å². The number of carbonyl (C=O) groups is 2. The zero-order chi connectivity index (χ0) is 25.7. The normalized spacial score (nSPS) is 26.3. The van der Waals surface area contributed by atoms with Crippen molar-refractivity contribution in [1.82, 2.24) is 19.4 Å². The molecule has 0 saturated carbocycles. The topological polar surface area (TPSA) is 161 Å². The lowest BCUT2D eigenvalue weighted by Gasteiger charge is -2.41. The van der Waals surface area contributed by atoms with Crippen LogP contribution in [0.2, 0.25) is 0 Å². The average Bonchev–Trinajstić information content (AvgIpc) is 3.53. The highest BCUT2D eigenvalue weighted by atomic mass is 16.6. The summed E-state index contributed by atoms with van der Waals surface area (Å²) in [4.78, 5) is 35.6. The summed E-state index contributed by atoms with van der Waals surface area (Å²) in [5.41, 5.74) is 2.55. The number of amides is 2. The molecule has 5 N–H and O–H groups in total. The number of benzene rings is 2. The summed E-state index contributed by atoms with van der Waals surface area (Å²) in [7, 11) is 1.44. The molecule has 7 rings (SSSR count). The molecule has 3 aromatic heterocycles. The number of carbonyl (C=O) groups excluding carboxylic acids is 2. The molecule has 5 unspecified atom stereocenters. The van der Waals surface area contributed by atoms with Gasteiger partial charge in [0.1, 0.15) is 30.1 Å². The van der Waals surface area contributed by atoms with Gasteiger partial charge in [-0.2, -0.15) is 0 Å². The Bertz CT molecular complexity index is 1790. The molecule has 2 amide bonds. The van der Waals surface area contributed by atoms with Gasteiger partial charge in [-0.05, 0) is 18.2 Å². The van der Waals surface area contributed by atoms with E-state index in [4.69, 9.17) is 4.74 Å². The minimum absolute atomic E-state index is 0.235. The van der Waals surface area contributed by atoms with Gasteiger partial charge in [0.15, 0.2) is 6.23 Å². The van der Waals surface area contributed by atoms with Crippen molar-refractivity contribution in [3.8, 4) is 0 Å². The number of H-pyrrole nitrogens is 1. The van der Waals surface area contributed by atoms with Gasteiger partial charge in [-0.3, -0.25) is 14.5 Å². The number of ether oxygens (including phenoxy) is 1. The van der Waals surface area contributed by atoms with E-state index in [9.17, 15) is 30.0 Å². The molecular formula is C26H22N4O7. The highest BCUT2D eigenvalue weighted by Gasteiger charge is 2.46. The Kier molecular flexibility index (Phi) is 4.57. The predicted octanol–water partition coefficient (Wildman–Crippen LogP) is 1.02. The molecule has 5 heterocycles. The molecule has 11 nitrogen and oxygen atoms in total. The van der Waals surface area contributed by atoms with E-state index < -0.39 is 49.1 Å². The minimum Gasteiger partial charge on any atom is -0.394 e. The van der Waals surface area contributed by atoms with Crippen LogP contribution in [0.25, 0.3) is 43.7 Å². The number of pyridine rings is 1. The van der Waals surface area contributed by atoms with Crippen molar-refractivity contribution in [3.63, 3.8) is 0 Å². The van der Waals surface area contributed by atoms with Crippen LogP contribution >= 0.6 is 0 Å². The minimum atomic E-state index is -1.60. The molecule has 2 aliphatic heterocycles. The summed E-state index contributed by atoms with van der Waals surface area (Å²) in [5.74, 6) is -0.886. The number of nitrogens with one attached hydrogen (secondary N) is 1. The summed E-state index contributed by atoms with van der Waals surface area (Å²) in [6.45, 7) is -0.586. The van der Waals surface area contributed by atoms with E-state index in [0.29, 0.717) is 43.7 Å². The van der Waals surface area contributed by atoms with Crippen LogP contribution in [0, 0.1) is 0 Å². The lowest BCUT2D eigenvalue weighted by Crippen LogP contribution is -2.56. The van der Waals surface area contributed by atoms with Gasteiger partial charge in [0, 0.05) is 34.8 Å². The van der Waals surface area contributed by atoms with E-state index in [1.54, 1.807) is 41.1 Å². The molecule has 2 aliphatic rings. The van der Waals surface area contributed by atoms with E-state index in [0.717, 1.165) is 4.90 Å². The van der Waals surface area contributed by atoms with Gasteiger partial charge in [0.05, 0.1) is 34.3 Å². The van der Waals surface area contributed by atoms with Gasteiger partial charge in [0.2, 0.25) is 0 Å². The second-order valence-corrected chi connectivity index (χ2v) is 9.52. The van der Waals surface area contributed by atoms with Crippen molar-refractivity contribution in [3.05, 3.63) is 53.7 Å². The first-order valence-corrected chi connectivity index (χ1v) is 11.8. The Labute approximate surface area is 208 Å². The average molecular weight is 502 g/mol. The smallest absolute Gasteiger partial charge is 0.262 e. The van der Waals surface area contributed by atoms with E-state index in [1.807, 2.05) is 6.07 Å². The molecule has 0 radical (unpaired) electrons. The Morgan fingerprint density at radius 2 is 1.65 bits per heavy atom. The summed E-state index contributed by atoms with van der Waals surface area (Å²) < 4.78 is 7.62. The van der Waals surface area contributed by atoms with Gasteiger partial charge in [0.25, 0.3) is 11.8 Å². The highest BCUT2D eigenvalue weighted by Crippen LogP contribution is 2.46. The number of hydrogen-bond donors (Lipinski definition) is 5. The van der Waals surface area contributed by atoms with Crippen LogP contribution in [0.3, 0.4) is 0 Å². The molecule has 188 valence electrons. The fourth-order valence-corrected chi connectivity index (χ4v) is 5.89. The second kappa shape index (κ2) is 7.57. The molecule has 1 fully saturated rings. The van der Waals surface area contributed by atoms with Crippen LogP contribution in [0.4, 0.5) is 0 Å². The van der Waals surface area contributed by atoms with Crippen LogP contribution in [0.15, 0.2) is 42.6 Å². The van der Waals surface area contributed by atoms with Crippen molar-refractivity contribution in [2.45, 2.75) is 30.6 Å². The van der Waals surface area contributed by atoms with E-state index in [2.05, 4.69) is 9.97 Å². The van der Waals surface area contributed by atoms with Crippen molar-refractivity contribution >= 4 is 55.6 Å². The van der Waals surface area contributed by atoms with Gasteiger partial charge in [-0.25, -0.2) is 4.98 Å². The van der Waals surface area contributed by atoms with Gasteiger partial charge in [-0.1, -0.05) is 18.2 Å². The summed E-state index contributed by atoms with van der Waals surface area (Å²) >= 11 is 0. The molecule has 2 aromatic carbocycles. The number of nitrogens with zero attached hydrogens (tertiary/aromatic N) is 3. The highest BCUT2D eigenvalue weighted by molar-refractivity contribution is 6.39. The monoisotopic (exact) mass is 502 g/mol. The van der Waals surface area contributed by atoms with Crippen molar-refractivity contribution in [1.29, 1.82) is 0 Å².